The topological polar surface area (TPSA) is 9.23 Å². The molecule has 0 aliphatic carbocycles. The van der Waals surface area contributed by atoms with Gasteiger partial charge in [0, 0.05) is 0 Å². The van der Waals surface area contributed by atoms with Crippen molar-refractivity contribution in [3.05, 3.63) is 0 Å². The fourth-order valence-electron chi connectivity index (χ4n) is 0.164. The van der Waals surface area contributed by atoms with Gasteiger partial charge in [0.05, 0.1) is 0 Å². The molecule has 0 saturated heterocycles. The third-order valence-electron chi connectivity index (χ3n) is 0.308. The number of hydrogen-bond acceptors (Lipinski definition) is 1. The van der Waals surface area contributed by atoms with Gasteiger partial charge in [0.1, 0.15) is 0 Å². The van der Waals surface area contributed by atoms with E-state index in [-0.39, 0.29) is 29.5 Å². The van der Waals surface area contributed by atoms with Crippen molar-refractivity contribution in [1.29, 1.82) is 0 Å². The molecule has 0 spiro atoms. The van der Waals surface area contributed by atoms with Crippen LogP contribution in [-0.4, -0.2) is 33.3 Å². The first-order valence-electron chi connectivity index (χ1n) is 1.62. The van der Waals surface area contributed by atoms with Crippen LogP contribution in [0.3, 0.4) is 0 Å². The van der Waals surface area contributed by atoms with Crippen LogP contribution in [0, 0.1) is 0 Å². The fraction of sp³-hybridized carbons (Fsp3) is 1.00. The molecular formula is C2H5Cl3OSn. The van der Waals surface area contributed by atoms with Crippen LogP contribution >= 0.6 is 34.8 Å². The normalized spacial score (nSPS) is 12.4. The zero-order valence-electron chi connectivity index (χ0n) is 3.75. The Morgan fingerprint density at radius 2 is 1.86 bits per heavy atom. The second-order valence-electron chi connectivity index (χ2n) is 1.05. The maximum atomic E-state index is 5.27. The molecule has 0 aliphatic rings. The summed E-state index contributed by atoms with van der Waals surface area (Å²) in [5.41, 5.74) is 0. The van der Waals surface area contributed by atoms with E-state index in [1.807, 2.05) is 0 Å². The van der Waals surface area contributed by atoms with Crippen molar-refractivity contribution in [3.63, 3.8) is 0 Å². The van der Waals surface area contributed by atoms with E-state index in [1.165, 1.54) is 0 Å². The van der Waals surface area contributed by atoms with Gasteiger partial charge in [-0.15, -0.1) is 0 Å². The molecule has 0 aromatic heterocycles. The Bertz CT molecular complexity index is 51.4. The van der Waals surface area contributed by atoms with Gasteiger partial charge in [0.15, 0.2) is 0 Å². The predicted octanol–water partition coefficient (Wildman–Crippen LogP) is 0.654. The molecule has 0 N–H and O–H groups in total. The zero-order valence-corrected chi connectivity index (χ0v) is 11.7. The molecule has 0 saturated carbocycles. The van der Waals surface area contributed by atoms with Crippen molar-refractivity contribution in [3.8, 4) is 0 Å². The van der Waals surface area contributed by atoms with Crippen LogP contribution in [0.5, 0.6) is 0 Å². The number of rotatable bonds is 1. The summed E-state index contributed by atoms with van der Waals surface area (Å²) in [4.78, 5) is 0. The van der Waals surface area contributed by atoms with E-state index in [0.29, 0.717) is 0 Å². The first kappa shape index (κ1) is 8.63. The van der Waals surface area contributed by atoms with E-state index in [4.69, 9.17) is 37.9 Å². The van der Waals surface area contributed by atoms with Crippen molar-refractivity contribution in [2.75, 3.05) is 6.61 Å². The molecular weight excluding hydrogens is 265 g/mol. The van der Waals surface area contributed by atoms with E-state index >= 15 is 0 Å². The third-order valence-corrected chi connectivity index (χ3v) is 1.46. The van der Waals surface area contributed by atoms with Crippen molar-refractivity contribution in [1.82, 2.24) is 0 Å². The van der Waals surface area contributed by atoms with E-state index in [1.54, 1.807) is 0 Å². The molecule has 44 valence electrons. The van der Waals surface area contributed by atoms with Crippen LogP contribution in [-0.2, 0) is 3.07 Å². The van der Waals surface area contributed by atoms with Crippen LogP contribution in [0.25, 0.3) is 0 Å². The first-order chi connectivity index (χ1) is 3.06. The maximum absolute atomic E-state index is 5.27. The van der Waals surface area contributed by atoms with Crippen LogP contribution < -0.4 is 0 Å². The Hall–Kier alpha value is 1.63. The molecule has 0 unspecified atom stereocenters. The molecule has 0 heterocycles. The summed E-state index contributed by atoms with van der Waals surface area (Å²) in [5.74, 6) is 0. The Kier molecular flexibility index (Phi) is 4.46. The summed E-state index contributed by atoms with van der Waals surface area (Å²) >= 11 is 16.0. The Labute approximate surface area is 70.9 Å². The fourth-order valence-corrected chi connectivity index (χ4v) is 3.29. The first-order valence-corrected chi connectivity index (χ1v) is 5.08. The molecule has 0 aromatic carbocycles. The average Bonchev–Trinajstić information content (AvgIpc) is 1.30. The van der Waals surface area contributed by atoms with Crippen molar-refractivity contribution < 1.29 is 3.07 Å². The molecule has 0 rings (SSSR count). The molecule has 0 aromatic rings. The van der Waals surface area contributed by atoms with Crippen LogP contribution in [0.15, 0.2) is 0 Å². The van der Waals surface area contributed by atoms with Gasteiger partial charge in [-0.25, -0.2) is 0 Å². The predicted molar refractivity (Wildman–Crippen MR) is 36.2 cm³/mol. The van der Waals surface area contributed by atoms with E-state index in [2.05, 4.69) is 0 Å². The summed E-state index contributed by atoms with van der Waals surface area (Å²) < 4.78 is 3.52. The molecule has 0 radical (unpaired) electrons. The summed E-state index contributed by atoms with van der Waals surface area (Å²) in [6.07, 6.45) is 0. The van der Waals surface area contributed by atoms with Crippen molar-refractivity contribution >= 4 is 57.7 Å². The SMILES string of the molecule is ClC(Cl)(Cl)C[O][SnH3]. The molecule has 1 nitrogen and oxygen atoms in total. The Morgan fingerprint density at radius 3 is 1.86 bits per heavy atom. The molecule has 7 heavy (non-hydrogen) atoms. The van der Waals surface area contributed by atoms with Gasteiger partial charge >= 0.3 is 71.2 Å². The second-order valence-corrected chi connectivity index (χ2v) is 5.21. The van der Waals surface area contributed by atoms with Gasteiger partial charge in [-0.05, 0) is 0 Å². The summed E-state index contributed by atoms with van der Waals surface area (Å²) in [5, 5.41) is 0. The number of hydrogen-bond donors (Lipinski definition) is 0. The third kappa shape index (κ3) is 7.63. The van der Waals surface area contributed by atoms with Gasteiger partial charge in [-0.3, -0.25) is 0 Å². The minimum atomic E-state index is -1.20. The van der Waals surface area contributed by atoms with Crippen molar-refractivity contribution in [2.24, 2.45) is 0 Å². The summed E-state index contributed by atoms with van der Waals surface area (Å²) in [6, 6.07) is 0. The Morgan fingerprint density at radius 1 is 1.43 bits per heavy atom. The van der Waals surface area contributed by atoms with Crippen LogP contribution in [0.2, 0.25) is 0 Å². The van der Waals surface area contributed by atoms with Gasteiger partial charge in [-0.2, -0.15) is 0 Å². The molecule has 0 bridgehead atoms. The van der Waals surface area contributed by atoms with Gasteiger partial charge in [0.2, 0.25) is 0 Å². The quantitative estimate of drug-likeness (QED) is 0.502. The summed E-state index contributed by atoms with van der Waals surface area (Å²) in [6.45, 7) is 0.230. The van der Waals surface area contributed by atoms with Crippen LogP contribution in [0.4, 0.5) is 0 Å². The Balaban J connectivity index is 3.15. The molecule has 5 heteroatoms. The van der Waals surface area contributed by atoms with Gasteiger partial charge in [0.25, 0.3) is 0 Å². The van der Waals surface area contributed by atoms with Gasteiger partial charge < -0.3 is 0 Å². The summed E-state index contributed by atoms with van der Waals surface area (Å²) in [7, 11) is 0. The van der Waals surface area contributed by atoms with E-state index in [0.717, 1.165) is 0 Å². The van der Waals surface area contributed by atoms with Gasteiger partial charge in [-0.1, -0.05) is 0 Å². The second kappa shape index (κ2) is 3.62. The number of alkyl halides is 3. The number of halogens is 3. The molecule has 0 aliphatic heterocycles. The van der Waals surface area contributed by atoms with E-state index < -0.39 is 3.79 Å². The standard InChI is InChI=1S/C2H2Cl3O.Sn.3H/c3-2(4,5)1-6;;;;/h1H2;;;;/q-1;+1;;;. The molecule has 0 fully saturated rings. The van der Waals surface area contributed by atoms with Crippen LogP contribution in [0.1, 0.15) is 0 Å². The monoisotopic (exact) mass is 270 g/mol. The molecule has 0 atom stereocenters. The zero-order chi connectivity index (χ0) is 5.91. The molecule has 0 amide bonds. The van der Waals surface area contributed by atoms with Crippen molar-refractivity contribution in [2.45, 2.75) is 3.79 Å². The minimum absolute atomic E-state index is 0.177. The average molecular weight is 270 g/mol. The van der Waals surface area contributed by atoms with E-state index in [9.17, 15) is 0 Å².